The average Bonchev–Trinajstić information content (AvgIpc) is 2.18. The van der Waals surface area contributed by atoms with Crippen molar-refractivity contribution in [2.75, 3.05) is 40.8 Å². The van der Waals surface area contributed by atoms with E-state index in [1.807, 2.05) is 7.05 Å². The second kappa shape index (κ2) is 6.84. The van der Waals surface area contributed by atoms with E-state index in [1.165, 1.54) is 12.8 Å². The standard InChI is InChI=1S/C13H28N4/c1-11(2)7-6-8-15-13(14-3)17-9-12(10-17)16(4)5/h11-12H,6-10H2,1-5H3,(H,14,15). The molecule has 0 spiro atoms. The first-order chi connectivity index (χ1) is 8.04. The van der Waals surface area contributed by atoms with Crippen LogP contribution in [-0.4, -0.2) is 62.6 Å². The molecule has 1 fully saturated rings. The van der Waals surface area contributed by atoms with E-state index in [-0.39, 0.29) is 0 Å². The Kier molecular flexibility index (Phi) is 5.75. The largest absolute Gasteiger partial charge is 0.356 e. The number of likely N-dealkylation sites (tertiary alicyclic amines) is 1. The molecule has 100 valence electrons. The number of guanidine groups is 1. The lowest BCUT2D eigenvalue weighted by atomic mass is 10.1. The monoisotopic (exact) mass is 240 g/mol. The summed E-state index contributed by atoms with van der Waals surface area (Å²) in [5.74, 6) is 1.85. The van der Waals surface area contributed by atoms with E-state index >= 15 is 0 Å². The van der Waals surface area contributed by atoms with E-state index in [0.717, 1.165) is 31.5 Å². The Labute approximate surface area is 106 Å². The van der Waals surface area contributed by atoms with Gasteiger partial charge in [0.15, 0.2) is 5.96 Å². The topological polar surface area (TPSA) is 30.9 Å². The molecule has 0 radical (unpaired) electrons. The highest BCUT2D eigenvalue weighted by atomic mass is 15.4. The van der Waals surface area contributed by atoms with Gasteiger partial charge in [0.25, 0.3) is 0 Å². The second-order valence-corrected chi connectivity index (χ2v) is 5.53. The van der Waals surface area contributed by atoms with Gasteiger partial charge < -0.3 is 15.1 Å². The molecule has 4 nitrogen and oxygen atoms in total. The fourth-order valence-electron chi connectivity index (χ4n) is 2.00. The molecule has 0 unspecified atom stereocenters. The lowest BCUT2D eigenvalue weighted by Gasteiger charge is -2.44. The van der Waals surface area contributed by atoms with E-state index in [0.29, 0.717) is 6.04 Å². The van der Waals surface area contributed by atoms with Gasteiger partial charge in [-0.2, -0.15) is 0 Å². The number of likely N-dealkylation sites (N-methyl/N-ethyl adjacent to an activating group) is 1. The third-order valence-corrected chi connectivity index (χ3v) is 3.35. The van der Waals surface area contributed by atoms with E-state index in [9.17, 15) is 0 Å². The molecule has 1 saturated heterocycles. The van der Waals surface area contributed by atoms with Gasteiger partial charge in [0.2, 0.25) is 0 Å². The summed E-state index contributed by atoms with van der Waals surface area (Å²) in [6.45, 7) is 7.76. The van der Waals surface area contributed by atoms with Crippen LogP contribution in [0.4, 0.5) is 0 Å². The lowest BCUT2D eigenvalue weighted by molar-refractivity contribution is 0.120. The summed E-state index contributed by atoms with van der Waals surface area (Å²) in [7, 11) is 6.15. The minimum atomic E-state index is 0.684. The van der Waals surface area contributed by atoms with Gasteiger partial charge in [0, 0.05) is 32.7 Å². The first kappa shape index (κ1) is 14.3. The fraction of sp³-hybridized carbons (Fsp3) is 0.923. The number of nitrogens with one attached hydrogen (secondary N) is 1. The van der Waals surface area contributed by atoms with Crippen molar-refractivity contribution in [1.29, 1.82) is 0 Å². The van der Waals surface area contributed by atoms with Crippen LogP contribution in [-0.2, 0) is 0 Å². The molecule has 0 atom stereocenters. The molecule has 1 heterocycles. The van der Waals surface area contributed by atoms with Gasteiger partial charge >= 0.3 is 0 Å². The number of aliphatic imine (C=N–C) groups is 1. The van der Waals surface area contributed by atoms with Crippen LogP contribution in [0.1, 0.15) is 26.7 Å². The maximum Gasteiger partial charge on any atom is 0.193 e. The highest BCUT2D eigenvalue weighted by Gasteiger charge is 2.30. The zero-order valence-corrected chi connectivity index (χ0v) is 12.0. The van der Waals surface area contributed by atoms with Gasteiger partial charge in [0.1, 0.15) is 0 Å². The van der Waals surface area contributed by atoms with Crippen LogP contribution in [0.15, 0.2) is 4.99 Å². The molecule has 0 aromatic rings. The molecule has 1 aliphatic rings. The number of hydrogen-bond donors (Lipinski definition) is 1. The quantitative estimate of drug-likeness (QED) is 0.446. The Bertz CT molecular complexity index is 242. The van der Waals surface area contributed by atoms with Crippen LogP contribution in [0.3, 0.4) is 0 Å². The molecule has 17 heavy (non-hydrogen) atoms. The van der Waals surface area contributed by atoms with Gasteiger partial charge in [-0.3, -0.25) is 4.99 Å². The van der Waals surface area contributed by atoms with E-state index in [1.54, 1.807) is 0 Å². The maximum atomic E-state index is 4.33. The first-order valence-electron chi connectivity index (χ1n) is 6.66. The molecular formula is C13H28N4. The van der Waals surface area contributed by atoms with Crippen LogP contribution in [0.2, 0.25) is 0 Å². The average molecular weight is 240 g/mol. The predicted molar refractivity (Wildman–Crippen MR) is 74.5 cm³/mol. The molecule has 0 saturated carbocycles. The summed E-state index contributed by atoms with van der Waals surface area (Å²) in [4.78, 5) is 8.93. The number of nitrogens with zero attached hydrogens (tertiary/aromatic N) is 3. The molecule has 0 aromatic heterocycles. The highest BCUT2D eigenvalue weighted by molar-refractivity contribution is 5.80. The molecule has 0 amide bonds. The van der Waals surface area contributed by atoms with E-state index in [2.05, 4.69) is 48.1 Å². The normalized spacial score (nSPS) is 17.8. The maximum absolute atomic E-state index is 4.33. The molecule has 1 rings (SSSR count). The van der Waals surface area contributed by atoms with Crippen LogP contribution >= 0.6 is 0 Å². The van der Waals surface area contributed by atoms with Crippen molar-refractivity contribution in [3.63, 3.8) is 0 Å². The Hall–Kier alpha value is -0.770. The SMILES string of the molecule is CN=C(NCCCC(C)C)N1CC(N(C)C)C1. The zero-order valence-electron chi connectivity index (χ0n) is 12.0. The third kappa shape index (κ3) is 4.54. The van der Waals surface area contributed by atoms with Gasteiger partial charge in [-0.05, 0) is 32.9 Å². The zero-order chi connectivity index (χ0) is 12.8. The van der Waals surface area contributed by atoms with Crippen LogP contribution in [0.5, 0.6) is 0 Å². The van der Waals surface area contributed by atoms with E-state index in [4.69, 9.17) is 0 Å². The Morgan fingerprint density at radius 3 is 2.53 bits per heavy atom. The van der Waals surface area contributed by atoms with Gasteiger partial charge in [-0.15, -0.1) is 0 Å². The molecular weight excluding hydrogens is 212 g/mol. The Morgan fingerprint density at radius 1 is 1.41 bits per heavy atom. The minimum Gasteiger partial charge on any atom is -0.356 e. The molecule has 4 heteroatoms. The van der Waals surface area contributed by atoms with Crippen LogP contribution < -0.4 is 5.32 Å². The third-order valence-electron chi connectivity index (χ3n) is 3.35. The van der Waals surface area contributed by atoms with Crippen molar-refractivity contribution in [2.45, 2.75) is 32.7 Å². The summed E-state index contributed by atoms with van der Waals surface area (Å²) < 4.78 is 0. The summed E-state index contributed by atoms with van der Waals surface area (Å²) in [6.07, 6.45) is 2.51. The van der Waals surface area contributed by atoms with Crippen molar-refractivity contribution < 1.29 is 0 Å². The second-order valence-electron chi connectivity index (χ2n) is 5.53. The smallest absolute Gasteiger partial charge is 0.193 e. The summed E-state index contributed by atoms with van der Waals surface area (Å²) in [5.41, 5.74) is 0. The van der Waals surface area contributed by atoms with Crippen molar-refractivity contribution in [1.82, 2.24) is 15.1 Å². The van der Waals surface area contributed by atoms with Gasteiger partial charge in [0.05, 0.1) is 0 Å². The van der Waals surface area contributed by atoms with Crippen molar-refractivity contribution in [3.8, 4) is 0 Å². The van der Waals surface area contributed by atoms with Gasteiger partial charge in [-0.25, -0.2) is 0 Å². The van der Waals surface area contributed by atoms with E-state index < -0.39 is 0 Å². The molecule has 0 aromatic carbocycles. The minimum absolute atomic E-state index is 0.684. The molecule has 1 aliphatic heterocycles. The predicted octanol–water partition coefficient (Wildman–Crippen LogP) is 1.24. The number of hydrogen-bond acceptors (Lipinski definition) is 2. The van der Waals surface area contributed by atoms with Crippen LogP contribution in [0, 0.1) is 5.92 Å². The Morgan fingerprint density at radius 2 is 2.06 bits per heavy atom. The van der Waals surface area contributed by atoms with Gasteiger partial charge in [-0.1, -0.05) is 13.8 Å². The van der Waals surface area contributed by atoms with Crippen molar-refractivity contribution in [3.05, 3.63) is 0 Å². The fourth-order valence-corrected chi connectivity index (χ4v) is 2.00. The number of rotatable bonds is 5. The molecule has 0 aliphatic carbocycles. The van der Waals surface area contributed by atoms with Crippen LogP contribution in [0.25, 0.3) is 0 Å². The highest BCUT2D eigenvalue weighted by Crippen LogP contribution is 2.12. The summed E-state index contributed by atoms with van der Waals surface area (Å²) in [5, 5.41) is 3.44. The summed E-state index contributed by atoms with van der Waals surface area (Å²) >= 11 is 0. The lowest BCUT2D eigenvalue weighted by Crippen LogP contribution is -2.61. The molecule has 1 N–H and O–H groups in total. The van der Waals surface area contributed by atoms with Crippen molar-refractivity contribution >= 4 is 5.96 Å². The molecule has 0 bridgehead atoms. The summed E-state index contributed by atoms with van der Waals surface area (Å²) in [6, 6.07) is 0.684. The van der Waals surface area contributed by atoms with Crippen molar-refractivity contribution in [2.24, 2.45) is 10.9 Å². The first-order valence-corrected chi connectivity index (χ1v) is 6.66. The Balaban J connectivity index is 2.18.